The zero-order chi connectivity index (χ0) is 16.7. The summed E-state index contributed by atoms with van der Waals surface area (Å²) in [4.78, 5) is 22.5. The van der Waals surface area contributed by atoms with Crippen LogP contribution in [0.4, 0.5) is 0 Å². The van der Waals surface area contributed by atoms with Gasteiger partial charge in [0.05, 0.1) is 10.9 Å². The maximum Gasteiger partial charge on any atom is 0.252 e. The van der Waals surface area contributed by atoms with Crippen molar-refractivity contribution >= 4 is 39.1 Å². The minimum absolute atomic E-state index is 0.214. The molecule has 0 fully saturated rings. The monoisotopic (exact) mass is 347 g/mol. The lowest BCUT2D eigenvalue weighted by atomic mass is 10.2. The zero-order valence-electron chi connectivity index (χ0n) is 12.8. The number of aryl methyl sites for hydroxylation is 3. The van der Waals surface area contributed by atoms with E-state index < -0.39 is 5.91 Å². The molecule has 0 bridgehead atoms. The first-order chi connectivity index (χ1) is 10.9. The van der Waals surface area contributed by atoms with Crippen LogP contribution in [-0.2, 0) is 0 Å². The van der Waals surface area contributed by atoms with Crippen LogP contribution in [0, 0.1) is 20.8 Å². The molecule has 0 aliphatic carbocycles. The number of rotatable bonds is 3. The Kier molecular flexibility index (Phi) is 3.95. The van der Waals surface area contributed by atoms with Gasteiger partial charge in [-0.25, -0.2) is 4.98 Å². The van der Waals surface area contributed by atoms with Crippen molar-refractivity contribution in [2.45, 2.75) is 20.8 Å². The Labute approximate surface area is 142 Å². The molecule has 118 valence electrons. The number of thiophene rings is 1. The fourth-order valence-corrected chi connectivity index (χ4v) is 3.51. The second kappa shape index (κ2) is 5.79. The average Bonchev–Trinajstić information content (AvgIpc) is 2.75. The number of carbonyl (C=O) groups excluding carboxylic acids is 1. The van der Waals surface area contributed by atoms with Gasteiger partial charge in [-0.3, -0.25) is 4.79 Å². The molecule has 0 spiro atoms. The van der Waals surface area contributed by atoms with Crippen molar-refractivity contribution in [3.63, 3.8) is 0 Å². The van der Waals surface area contributed by atoms with E-state index in [1.54, 1.807) is 30.4 Å². The molecule has 0 saturated heterocycles. The molecule has 1 amide bonds. The molecule has 0 saturated carbocycles. The molecule has 7 heteroatoms. The normalized spacial score (nSPS) is 11.0. The number of benzene rings is 1. The number of fused-ring (bicyclic) bond motifs is 1. The van der Waals surface area contributed by atoms with Crippen molar-refractivity contribution in [2.75, 3.05) is 0 Å². The molecule has 3 rings (SSSR count). The maximum atomic E-state index is 11.6. The van der Waals surface area contributed by atoms with E-state index in [0.717, 1.165) is 20.7 Å². The van der Waals surface area contributed by atoms with Crippen LogP contribution in [-0.4, -0.2) is 15.9 Å². The summed E-state index contributed by atoms with van der Waals surface area (Å²) in [6, 6.07) is 4.73. The highest BCUT2D eigenvalue weighted by atomic mass is 35.5. The van der Waals surface area contributed by atoms with Crippen molar-refractivity contribution < 1.29 is 9.53 Å². The highest BCUT2D eigenvalue weighted by molar-refractivity contribution is 7.18. The number of aromatic nitrogens is 2. The molecule has 23 heavy (non-hydrogen) atoms. The molecule has 0 atom stereocenters. The molecule has 1 aromatic carbocycles. The lowest BCUT2D eigenvalue weighted by molar-refractivity contribution is 0.0998. The first-order valence-electron chi connectivity index (χ1n) is 6.88. The third kappa shape index (κ3) is 2.87. The zero-order valence-corrected chi connectivity index (χ0v) is 14.4. The summed E-state index contributed by atoms with van der Waals surface area (Å²) in [6.07, 6.45) is 0. The topological polar surface area (TPSA) is 78.1 Å². The fourth-order valence-electron chi connectivity index (χ4n) is 2.28. The van der Waals surface area contributed by atoms with Crippen LogP contribution in [0.1, 0.15) is 26.6 Å². The lowest BCUT2D eigenvalue weighted by Crippen LogP contribution is -2.12. The number of amides is 1. The highest BCUT2D eigenvalue weighted by Crippen LogP contribution is 2.37. The van der Waals surface area contributed by atoms with Gasteiger partial charge in [0.25, 0.3) is 5.91 Å². The third-order valence-electron chi connectivity index (χ3n) is 3.52. The molecule has 0 radical (unpaired) electrons. The molecule has 0 unspecified atom stereocenters. The minimum Gasteiger partial charge on any atom is -0.437 e. The number of carbonyl (C=O) groups is 1. The van der Waals surface area contributed by atoms with Crippen LogP contribution >= 0.6 is 22.9 Å². The van der Waals surface area contributed by atoms with E-state index in [9.17, 15) is 4.79 Å². The Morgan fingerprint density at radius 3 is 2.70 bits per heavy atom. The summed E-state index contributed by atoms with van der Waals surface area (Å²) in [5.41, 5.74) is 6.68. The molecular formula is C16H14ClN3O2S. The molecule has 0 aliphatic rings. The van der Waals surface area contributed by atoms with Crippen molar-refractivity contribution in [3.05, 3.63) is 45.1 Å². The van der Waals surface area contributed by atoms with Gasteiger partial charge < -0.3 is 10.5 Å². The summed E-state index contributed by atoms with van der Waals surface area (Å²) < 4.78 is 5.91. The number of ether oxygens (including phenoxy) is 1. The molecule has 2 N–H and O–H groups in total. The van der Waals surface area contributed by atoms with Crippen molar-refractivity contribution in [3.8, 4) is 11.6 Å². The van der Waals surface area contributed by atoms with Crippen LogP contribution in [0.3, 0.4) is 0 Å². The summed E-state index contributed by atoms with van der Waals surface area (Å²) >= 11 is 7.51. The van der Waals surface area contributed by atoms with Gasteiger partial charge in [-0.05, 0) is 44.5 Å². The van der Waals surface area contributed by atoms with Crippen LogP contribution in [0.2, 0.25) is 5.02 Å². The van der Waals surface area contributed by atoms with E-state index in [-0.39, 0.29) is 5.56 Å². The van der Waals surface area contributed by atoms with E-state index in [0.29, 0.717) is 22.5 Å². The first-order valence-corrected chi connectivity index (χ1v) is 8.08. The number of nitrogens with two attached hydrogens (primary N) is 1. The first kappa shape index (κ1) is 15.7. The van der Waals surface area contributed by atoms with Gasteiger partial charge in [-0.1, -0.05) is 11.6 Å². The van der Waals surface area contributed by atoms with Crippen LogP contribution in [0.25, 0.3) is 10.2 Å². The van der Waals surface area contributed by atoms with E-state index in [2.05, 4.69) is 9.97 Å². The Morgan fingerprint density at radius 1 is 1.26 bits per heavy atom. The second-order valence-corrected chi connectivity index (χ2v) is 6.79. The number of primary amides is 1. The molecule has 3 aromatic rings. The molecular weight excluding hydrogens is 334 g/mol. The van der Waals surface area contributed by atoms with Gasteiger partial charge in [-0.15, -0.1) is 11.3 Å². The number of nitrogens with zero attached hydrogens (tertiary/aromatic N) is 2. The Balaban J connectivity index is 2.18. The Morgan fingerprint density at radius 2 is 2.00 bits per heavy atom. The standard InChI is InChI=1S/C16H14ClN3O2S/c1-7-8(2)23-16-13(7)15(19-9(3)20-16)22-12-5-4-10(17)6-11(12)14(18)21/h4-6H,1-3H3,(H2,18,21). The van der Waals surface area contributed by atoms with Crippen molar-refractivity contribution in [2.24, 2.45) is 5.73 Å². The van der Waals surface area contributed by atoms with E-state index in [4.69, 9.17) is 22.1 Å². The Bertz CT molecular complexity index is 937. The SMILES string of the molecule is Cc1nc(Oc2ccc(Cl)cc2C(N)=O)c2c(C)c(C)sc2n1. The molecule has 5 nitrogen and oxygen atoms in total. The molecule has 2 heterocycles. The predicted molar refractivity (Wildman–Crippen MR) is 91.7 cm³/mol. The number of hydrogen-bond acceptors (Lipinski definition) is 5. The average molecular weight is 348 g/mol. The van der Waals surface area contributed by atoms with Crippen molar-refractivity contribution in [1.29, 1.82) is 0 Å². The van der Waals surface area contributed by atoms with E-state index >= 15 is 0 Å². The number of hydrogen-bond donors (Lipinski definition) is 1. The van der Waals surface area contributed by atoms with Crippen LogP contribution < -0.4 is 10.5 Å². The van der Waals surface area contributed by atoms with Gasteiger partial charge in [0, 0.05) is 9.90 Å². The summed E-state index contributed by atoms with van der Waals surface area (Å²) in [6.45, 7) is 5.82. The van der Waals surface area contributed by atoms with Crippen LogP contribution in [0.15, 0.2) is 18.2 Å². The summed E-state index contributed by atoms with van der Waals surface area (Å²) in [5.74, 6) is 0.731. The number of halogens is 1. The van der Waals surface area contributed by atoms with E-state index in [1.807, 2.05) is 13.8 Å². The van der Waals surface area contributed by atoms with Crippen LogP contribution in [0.5, 0.6) is 11.6 Å². The van der Waals surface area contributed by atoms with Gasteiger partial charge >= 0.3 is 0 Å². The predicted octanol–water partition coefficient (Wildman–Crippen LogP) is 4.16. The molecule has 2 aromatic heterocycles. The maximum absolute atomic E-state index is 11.6. The highest BCUT2D eigenvalue weighted by Gasteiger charge is 2.18. The Hall–Kier alpha value is -2.18. The lowest BCUT2D eigenvalue weighted by Gasteiger charge is -2.10. The smallest absolute Gasteiger partial charge is 0.252 e. The second-order valence-electron chi connectivity index (χ2n) is 5.15. The summed E-state index contributed by atoms with van der Waals surface area (Å²) in [5, 5.41) is 1.26. The molecule has 0 aliphatic heterocycles. The minimum atomic E-state index is -0.609. The quantitative estimate of drug-likeness (QED) is 0.771. The van der Waals surface area contributed by atoms with Crippen molar-refractivity contribution in [1.82, 2.24) is 9.97 Å². The van der Waals surface area contributed by atoms with E-state index in [1.165, 1.54) is 6.07 Å². The van der Waals surface area contributed by atoms with Gasteiger partial charge in [0.2, 0.25) is 5.88 Å². The van der Waals surface area contributed by atoms with Gasteiger partial charge in [0.1, 0.15) is 16.4 Å². The van der Waals surface area contributed by atoms with Gasteiger partial charge in [0.15, 0.2) is 0 Å². The van der Waals surface area contributed by atoms with Gasteiger partial charge in [-0.2, -0.15) is 4.98 Å². The summed E-state index contributed by atoms with van der Waals surface area (Å²) in [7, 11) is 0. The largest absolute Gasteiger partial charge is 0.437 e. The fraction of sp³-hybridized carbons (Fsp3) is 0.188. The third-order valence-corrected chi connectivity index (χ3v) is 4.86.